The lowest BCUT2D eigenvalue weighted by Gasteiger charge is -2.32. The van der Waals surface area contributed by atoms with Gasteiger partial charge < -0.3 is 14.0 Å². The number of methoxy groups -OCH3 is 1. The highest BCUT2D eigenvalue weighted by Gasteiger charge is 2.51. The van der Waals surface area contributed by atoms with Crippen molar-refractivity contribution in [2.75, 3.05) is 7.11 Å². The van der Waals surface area contributed by atoms with Crippen molar-refractivity contribution in [2.45, 2.75) is 38.9 Å². The largest absolute Gasteiger partial charge is 0.497 e. The summed E-state index contributed by atoms with van der Waals surface area (Å²) in [5.74, 6) is 0.335. The number of hydrogen-bond donors (Lipinski definition) is 0. The monoisotopic (exact) mass is 455 g/mol. The first kappa shape index (κ1) is 22.6. The van der Waals surface area contributed by atoms with E-state index in [1.165, 1.54) is 6.07 Å². The smallest absolute Gasteiger partial charge is 0.494 e. The summed E-state index contributed by atoms with van der Waals surface area (Å²) in [5, 5.41) is 1.04. The molecule has 0 bridgehead atoms. The standard InChI is InChI=1S/C28H27BFNO3/c1-27(2)28(3,4)34-29(33-27)21-12-10-20-11-15-25(31-26(20)16-21)19-8-6-18(7-9-19)23-17-22(32-5)13-14-24(23)30/h6-17H,1-5H3. The summed E-state index contributed by atoms with van der Waals surface area (Å²) in [6.07, 6.45) is 0. The zero-order valence-electron chi connectivity index (χ0n) is 20.1. The van der Waals surface area contributed by atoms with Gasteiger partial charge in [0.05, 0.1) is 29.5 Å². The van der Waals surface area contributed by atoms with Gasteiger partial charge in [0.25, 0.3) is 0 Å². The van der Waals surface area contributed by atoms with Gasteiger partial charge in [-0.3, -0.25) is 0 Å². The van der Waals surface area contributed by atoms with Crippen LogP contribution in [0.5, 0.6) is 5.75 Å². The second-order valence-corrected chi connectivity index (χ2v) is 9.66. The molecule has 0 N–H and O–H groups in total. The van der Waals surface area contributed by atoms with Crippen molar-refractivity contribution in [2.24, 2.45) is 0 Å². The lowest BCUT2D eigenvalue weighted by molar-refractivity contribution is 0.00578. The number of hydrogen-bond acceptors (Lipinski definition) is 4. The molecule has 34 heavy (non-hydrogen) atoms. The van der Waals surface area contributed by atoms with E-state index in [4.69, 9.17) is 19.0 Å². The highest BCUT2D eigenvalue weighted by atomic mass is 19.1. The van der Waals surface area contributed by atoms with Crippen LogP contribution in [0.3, 0.4) is 0 Å². The Kier molecular flexibility index (Phi) is 5.46. The van der Waals surface area contributed by atoms with Crippen molar-refractivity contribution in [3.63, 3.8) is 0 Å². The number of nitrogens with zero attached hydrogens (tertiary/aromatic N) is 1. The third kappa shape index (κ3) is 3.97. The van der Waals surface area contributed by atoms with Gasteiger partial charge in [0.1, 0.15) is 11.6 Å². The maximum Gasteiger partial charge on any atom is 0.494 e. The Morgan fingerprint density at radius 3 is 2.12 bits per heavy atom. The van der Waals surface area contributed by atoms with E-state index in [1.807, 2.05) is 76.2 Å². The van der Waals surface area contributed by atoms with Crippen molar-refractivity contribution in [3.05, 3.63) is 78.6 Å². The van der Waals surface area contributed by atoms with Crippen molar-refractivity contribution >= 4 is 23.5 Å². The fraction of sp³-hybridized carbons (Fsp3) is 0.250. The average molecular weight is 455 g/mol. The summed E-state index contributed by atoms with van der Waals surface area (Å²) in [6.45, 7) is 8.19. The number of pyridine rings is 1. The predicted octanol–water partition coefficient (Wildman–Crippen LogP) is 6.02. The number of benzene rings is 3. The summed E-state index contributed by atoms with van der Waals surface area (Å²) >= 11 is 0. The van der Waals surface area contributed by atoms with E-state index in [0.717, 1.165) is 33.2 Å². The van der Waals surface area contributed by atoms with Crippen LogP contribution in [0.1, 0.15) is 27.7 Å². The highest BCUT2D eigenvalue weighted by Crippen LogP contribution is 2.36. The van der Waals surface area contributed by atoms with E-state index in [0.29, 0.717) is 11.3 Å². The van der Waals surface area contributed by atoms with Crippen molar-refractivity contribution < 1.29 is 18.4 Å². The number of fused-ring (bicyclic) bond motifs is 1. The molecule has 6 heteroatoms. The van der Waals surface area contributed by atoms with Gasteiger partial charge in [0.2, 0.25) is 0 Å². The van der Waals surface area contributed by atoms with E-state index in [1.54, 1.807) is 19.2 Å². The normalized spacial score (nSPS) is 16.7. The van der Waals surface area contributed by atoms with E-state index in [9.17, 15) is 4.39 Å². The van der Waals surface area contributed by atoms with Crippen LogP contribution < -0.4 is 10.2 Å². The van der Waals surface area contributed by atoms with Gasteiger partial charge >= 0.3 is 7.12 Å². The summed E-state index contributed by atoms with van der Waals surface area (Å²) in [7, 11) is 1.14. The number of halogens is 1. The second-order valence-electron chi connectivity index (χ2n) is 9.66. The minimum atomic E-state index is -0.433. The van der Waals surface area contributed by atoms with Crippen LogP contribution in [-0.2, 0) is 9.31 Å². The molecule has 0 radical (unpaired) electrons. The van der Waals surface area contributed by atoms with Crippen LogP contribution in [0, 0.1) is 5.82 Å². The Morgan fingerprint density at radius 2 is 1.44 bits per heavy atom. The zero-order valence-corrected chi connectivity index (χ0v) is 20.1. The van der Waals surface area contributed by atoms with Gasteiger partial charge in [-0.2, -0.15) is 0 Å². The molecule has 2 heterocycles. The highest BCUT2D eigenvalue weighted by molar-refractivity contribution is 6.62. The molecule has 172 valence electrons. The molecule has 1 saturated heterocycles. The molecular formula is C28H27BFNO3. The van der Waals surface area contributed by atoms with Crippen molar-refractivity contribution in [1.29, 1.82) is 0 Å². The fourth-order valence-electron chi connectivity index (χ4n) is 4.09. The molecular weight excluding hydrogens is 428 g/mol. The molecule has 0 unspecified atom stereocenters. The van der Waals surface area contributed by atoms with E-state index in [-0.39, 0.29) is 5.82 Å². The van der Waals surface area contributed by atoms with Crippen LogP contribution in [0.2, 0.25) is 0 Å². The SMILES string of the molecule is COc1ccc(F)c(-c2ccc(-c3ccc4ccc(B5OC(C)(C)C(C)(C)O5)cc4n3)cc2)c1. The van der Waals surface area contributed by atoms with Gasteiger partial charge in [-0.1, -0.05) is 42.5 Å². The third-order valence-corrected chi connectivity index (χ3v) is 6.91. The Balaban J connectivity index is 1.45. The molecule has 0 aliphatic carbocycles. The molecule has 0 spiro atoms. The molecule has 4 aromatic rings. The van der Waals surface area contributed by atoms with Crippen LogP contribution in [0.4, 0.5) is 4.39 Å². The van der Waals surface area contributed by atoms with Crippen molar-refractivity contribution in [3.8, 4) is 28.1 Å². The second kappa shape index (κ2) is 8.22. The van der Waals surface area contributed by atoms with Crippen LogP contribution in [0.25, 0.3) is 33.3 Å². The molecule has 1 fully saturated rings. The quantitative estimate of drug-likeness (QED) is 0.353. The minimum Gasteiger partial charge on any atom is -0.497 e. The Hall–Kier alpha value is -3.22. The topological polar surface area (TPSA) is 40.6 Å². The van der Waals surface area contributed by atoms with Crippen LogP contribution >= 0.6 is 0 Å². The van der Waals surface area contributed by atoms with Crippen molar-refractivity contribution in [1.82, 2.24) is 4.98 Å². The Morgan fingerprint density at radius 1 is 0.794 bits per heavy atom. The average Bonchev–Trinajstić information content (AvgIpc) is 3.05. The summed E-state index contributed by atoms with van der Waals surface area (Å²) < 4.78 is 32.0. The predicted molar refractivity (Wildman–Crippen MR) is 135 cm³/mol. The molecule has 3 aromatic carbocycles. The van der Waals surface area contributed by atoms with E-state index < -0.39 is 18.3 Å². The summed E-state index contributed by atoms with van der Waals surface area (Å²) in [4.78, 5) is 4.89. The lowest BCUT2D eigenvalue weighted by atomic mass is 9.78. The maximum absolute atomic E-state index is 14.4. The zero-order chi connectivity index (χ0) is 24.1. The molecule has 4 nitrogen and oxygen atoms in total. The molecule has 1 aliphatic heterocycles. The summed E-state index contributed by atoms with van der Waals surface area (Å²) in [6, 6.07) is 22.6. The first-order valence-corrected chi connectivity index (χ1v) is 11.4. The van der Waals surface area contributed by atoms with Gasteiger partial charge in [-0.05, 0) is 69.1 Å². The van der Waals surface area contributed by atoms with Gasteiger partial charge in [0.15, 0.2) is 0 Å². The van der Waals surface area contributed by atoms with Crippen LogP contribution in [-0.4, -0.2) is 30.4 Å². The van der Waals surface area contributed by atoms with E-state index >= 15 is 0 Å². The Labute approximate surface area is 199 Å². The molecule has 1 aromatic heterocycles. The van der Waals surface area contributed by atoms with E-state index in [2.05, 4.69) is 6.07 Å². The lowest BCUT2D eigenvalue weighted by Crippen LogP contribution is -2.41. The Bertz CT molecular complexity index is 1350. The minimum absolute atomic E-state index is 0.285. The number of rotatable bonds is 4. The molecule has 0 saturated carbocycles. The first-order chi connectivity index (χ1) is 16.2. The molecule has 5 rings (SSSR count). The molecule has 1 aliphatic rings. The summed E-state index contributed by atoms with van der Waals surface area (Å²) in [5.41, 5.74) is 4.10. The van der Waals surface area contributed by atoms with Crippen LogP contribution in [0.15, 0.2) is 72.8 Å². The van der Waals surface area contributed by atoms with Gasteiger partial charge in [0, 0.05) is 16.5 Å². The fourth-order valence-corrected chi connectivity index (χ4v) is 4.09. The third-order valence-electron chi connectivity index (χ3n) is 6.91. The van der Waals surface area contributed by atoms with Gasteiger partial charge in [-0.15, -0.1) is 0 Å². The first-order valence-electron chi connectivity index (χ1n) is 11.4. The molecule has 0 amide bonds. The molecule has 0 atom stereocenters. The number of aromatic nitrogens is 1. The van der Waals surface area contributed by atoms with Gasteiger partial charge in [-0.25, -0.2) is 9.37 Å². The maximum atomic E-state index is 14.4. The number of ether oxygens (including phenoxy) is 1.